The third-order valence-electron chi connectivity index (χ3n) is 4.72. The Kier molecular flexibility index (Phi) is 6.04. The molecule has 1 fully saturated rings. The first kappa shape index (κ1) is 18.9. The monoisotopic (exact) mass is 364 g/mol. The molecule has 0 aromatic heterocycles. The zero-order chi connectivity index (χ0) is 19.2. The van der Waals surface area contributed by atoms with Crippen LogP contribution in [0.1, 0.15) is 34.5 Å². The lowest BCUT2D eigenvalue weighted by atomic mass is 10.0. The molecule has 5 heteroatoms. The average molecular weight is 364 g/mol. The molecule has 1 N–H and O–H groups in total. The van der Waals surface area contributed by atoms with E-state index in [4.69, 9.17) is 4.74 Å². The number of amides is 2. The minimum atomic E-state index is -0.218. The van der Waals surface area contributed by atoms with Gasteiger partial charge >= 0.3 is 0 Å². The predicted octanol–water partition coefficient (Wildman–Crippen LogP) is 3.09. The number of hydrogen-bond donors (Lipinski definition) is 1. The van der Waals surface area contributed by atoms with Gasteiger partial charge in [-0.05, 0) is 36.3 Å². The molecule has 0 bridgehead atoms. The normalized spacial score (nSPS) is 19.4. The van der Waals surface area contributed by atoms with E-state index in [1.807, 2.05) is 54.3 Å². The number of rotatable bonds is 5. The molecule has 2 aromatic carbocycles. The molecule has 27 heavy (non-hydrogen) atoms. The van der Waals surface area contributed by atoms with Crippen LogP contribution in [0.5, 0.6) is 0 Å². The fraction of sp³-hybridized carbons (Fsp3) is 0.273. The first-order valence-electron chi connectivity index (χ1n) is 9.05. The summed E-state index contributed by atoms with van der Waals surface area (Å²) >= 11 is 0. The molecule has 0 aliphatic carbocycles. The van der Waals surface area contributed by atoms with Crippen molar-refractivity contribution in [1.82, 2.24) is 10.2 Å². The van der Waals surface area contributed by atoms with Crippen molar-refractivity contribution in [1.29, 1.82) is 0 Å². The van der Waals surface area contributed by atoms with Gasteiger partial charge in [0, 0.05) is 12.1 Å². The molecule has 2 aromatic rings. The van der Waals surface area contributed by atoms with Crippen molar-refractivity contribution in [3.05, 3.63) is 83.9 Å². The number of nitrogens with zero attached hydrogens (tertiary/aromatic N) is 1. The van der Waals surface area contributed by atoms with Crippen molar-refractivity contribution in [2.75, 3.05) is 13.2 Å². The first-order valence-corrected chi connectivity index (χ1v) is 9.05. The number of hydrogen-bond acceptors (Lipinski definition) is 3. The molecule has 1 heterocycles. The maximum Gasteiger partial charge on any atom is 0.254 e. The second-order valence-corrected chi connectivity index (χ2v) is 6.66. The lowest BCUT2D eigenvalue weighted by Crippen LogP contribution is -2.48. The highest BCUT2D eigenvalue weighted by Crippen LogP contribution is 2.26. The molecule has 2 amide bonds. The third-order valence-corrected chi connectivity index (χ3v) is 4.72. The number of carbonyl (C=O) groups excluding carboxylic acids is 2. The third kappa shape index (κ3) is 4.63. The average Bonchev–Trinajstić information content (AvgIpc) is 2.73. The number of ether oxygens (including phenoxy) is 1. The van der Waals surface area contributed by atoms with Gasteiger partial charge in [0.1, 0.15) is 6.10 Å². The molecule has 1 saturated heterocycles. The maximum absolute atomic E-state index is 13.0. The minimum Gasteiger partial charge on any atom is -0.370 e. The molecule has 1 aliphatic heterocycles. The predicted molar refractivity (Wildman–Crippen MR) is 104 cm³/mol. The Bertz CT molecular complexity index is 802. The van der Waals surface area contributed by atoms with Gasteiger partial charge in [-0.2, -0.15) is 0 Å². The second kappa shape index (κ2) is 8.64. The van der Waals surface area contributed by atoms with E-state index in [0.29, 0.717) is 25.3 Å². The molecular formula is C22H24N2O3. The Morgan fingerprint density at radius 2 is 1.89 bits per heavy atom. The number of morpholine rings is 1. The summed E-state index contributed by atoms with van der Waals surface area (Å²) < 4.78 is 5.93. The number of carbonyl (C=O) groups is 2. The van der Waals surface area contributed by atoms with Crippen LogP contribution in [0.15, 0.2) is 67.3 Å². The van der Waals surface area contributed by atoms with Crippen molar-refractivity contribution in [2.24, 2.45) is 0 Å². The van der Waals surface area contributed by atoms with E-state index in [1.165, 1.54) is 6.08 Å². The summed E-state index contributed by atoms with van der Waals surface area (Å²) in [4.78, 5) is 26.1. The van der Waals surface area contributed by atoms with Gasteiger partial charge in [0.05, 0.1) is 19.2 Å². The van der Waals surface area contributed by atoms with Crippen LogP contribution in [0.4, 0.5) is 0 Å². The summed E-state index contributed by atoms with van der Waals surface area (Å²) in [7, 11) is 0. The van der Waals surface area contributed by atoms with Gasteiger partial charge in [0.15, 0.2) is 0 Å². The first-order chi connectivity index (χ1) is 13.1. The summed E-state index contributed by atoms with van der Waals surface area (Å²) in [5, 5.41) is 2.72. The van der Waals surface area contributed by atoms with Crippen LogP contribution in [0.25, 0.3) is 0 Å². The van der Waals surface area contributed by atoms with Crippen LogP contribution >= 0.6 is 0 Å². The highest BCUT2D eigenvalue weighted by molar-refractivity contribution is 5.94. The van der Waals surface area contributed by atoms with Crippen molar-refractivity contribution < 1.29 is 14.3 Å². The Morgan fingerprint density at radius 1 is 1.19 bits per heavy atom. The van der Waals surface area contributed by atoms with Crippen molar-refractivity contribution >= 4 is 11.8 Å². The number of benzene rings is 2. The molecule has 0 unspecified atom stereocenters. The molecule has 5 nitrogen and oxygen atoms in total. The van der Waals surface area contributed by atoms with Gasteiger partial charge < -0.3 is 15.0 Å². The van der Waals surface area contributed by atoms with Crippen LogP contribution in [-0.4, -0.2) is 35.9 Å². The Hall–Kier alpha value is -2.92. The van der Waals surface area contributed by atoms with Crippen molar-refractivity contribution in [2.45, 2.75) is 25.6 Å². The van der Waals surface area contributed by atoms with Gasteiger partial charge in [-0.3, -0.25) is 9.59 Å². The summed E-state index contributed by atoms with van der Waals surface area (Å²) in [6, 6.07) is 17.3. The van der Waals surface area contributed by atoms with Crippen molar-refractivity contribution in [3.8, 4) is 0 Å². The lowest BCUT2D eigenvalue weighted by molar-refractivity contribution is -0.116. The Labute approximate surface area is 159 Å². The van der Waals surface area contributed by atoms with E-state index in [2.05, 4.69) is 11.9 Å². The standard InChI is InChI=1S/C22H24N2O3/c1-3-21(25)23-13-17-9-11-19(12-10-17)22(26)24-14-20(27-15-16(24)2)18-7-5-4-6-8-18/h3-12,16,20H,1,13-15H2,2H3,(H,23,25)/t16-,20-/m1/s1. The van der Waals surface area contributed by atoms with E-state index < -0.39 is 0 Å². The van der Waals surface area contributed by atoms with E-state index in [0.717, 1.165) is 11.1 Å². The fourth-order valence-corrected chi connectivity index (χ4v) is 3.10. The van der Waals surface area contributed by atoms with E-state index >= 15 is 0 Å². The van der Waals surface area contributed by atoms with Gasteiger partial charge in [-0.1, -0.05) is 49.0 Å². The lowest BCUT2D eigenvalue weighted by Gasteiger charge is -2.38. The molecule has 0 saturated carbocycles. The molecule has 3 rings (SSSR count). The van der Waals surface area contributed by atoms with E-state index in [-0.39, 0.29) is 24.0 Å². The van der Waals surface area contributed by atoms with Gasteiger partial charge in [-0.15, -0.1) is 0 Å². The van der Waals surface area contributed by atoms with E-state index in [9.17, 15) is 9.59 Å². The molecular weight excluding hydrogens is 340 g/mol. The molecule has 0 spiro atoms. The van der Waals surface area contributed by atoms with Crippen LogP contribution < -0.4 is 5.32 Å². The summed E-state index contributed by atoms with van der Waals surface area (Å²) in [5.74, 6) is -0.224. The minimum absolute atomic E-state index is 0.00610. The highest BCUT2D eigenvalue weighted by Gasteiger charge is 2.30. The van der Waals surface area contributed by atoms with Crippen LogP contribution in [0.3, 0.4) is 0 Å². The summed E-state index contributed by atoms with van der Waals surface area (Å²) in [6.45, 7) is 6.87. The summed E-state index contributed by atoms with van der Waals surface area (Å²) in [6.07, 6.45) is 1.13. The van der Waals surface area contributed by atoms with Crippen LogP contribution in [0.2, 0.25) is 0 Å². The largest absolute Gasteiger partial charge is 0.370 e. The second-order valence-electron chi connectivity index (χ2n) is 6.66. The molecule has 2 atom stereocenters. The number of nitrogens with one attached hydrogen (secondary N) is 1. The topological polar surface area (TPSA) is 58.6 Å². The Morgan fingerprint density at radius 3 is 2.56 bits per heavy atom. The fourth-order valence-electron chi connectivity index (χ4n) is 3.10. The zero-order valence-corrected chi connectivity index (χ0v) is 15.4. The van der Waals surface area contributed by atoms with Crippen LogP contribution in [0, 0.1) is 0 Å². The SMILES string of the molecule is C=CC(=O)NCc1ccc(C(=O)N2C[C@H](c3ccccc3)OC[C@H]2C)cc1. The highest BCUT2D eigenvalue weighted by atomic mass is 16.5. The van der Waals surface area contributed by atoms with Gasteiger partial charge in [-0.25, -0.2) is 0 Å². The zero-order valence-electron chi connectivity index (χ0n) is 15.4. The molecule has 1 aliphatic rings. The molecule has 0 radical (unpaired) electrons. The van der Waals surface area contributed by atoms with Crippen LogP contribution in [-0.2, 0) is 16.1 Å². The van der Waals surface area contributed by atoms with Gasteiger partial charge in [0.2, 0.25) is 5.91 Å². The van der Waals surface area contributed by atoms with Crippen molar-refractivity contribution in [3.63, 3.8) is 0 Å². The quantitative estimate of drug-likeness (QED) is 0.830. The molecule has 140 valence electrons. The van der Waals surface area contributed by atoms with E-state index in [1.54, 1.807) is 12.1 Å². The summed E-state index contributed by atoms with van der Waals surface area (Å²) in [5.41, 5.74) is 2.64. The maximum atomic E-state index is 13.0. The smallest absolute Gasteiger partial charge is 0.254 e. The Balaban J connectivity index is 1.68. The van der Waals surface area contributed by atoms with Gasteiger partial charge in [0.25, 0.3) is 5.91 Å².